The van der Waals surface area contributed by atoms with Crippen LogP contribution in [-0.4, -0.2) is 5.71 Å². The van der Waals surface area contributed by atoms with E-state index in [1.54, 1.807) is 0 Å². The third kappa shape index (κ3) is 5.00. The molecule has 0 spiro atoms. The van der Waals surface area contributed by atoms with Crippen molar-refractivity contribution in [3.63, 3.8) is 0 Å². The number of nitrogens with zero attached hydrogens (tertiary/aromatic N) is 1. The number of para-hydroxylation sites is 4. The molecule has 1 aliphatic rings. The van der Waals surface area contributed by atoms with Crippen LogP contribution >= 0.6 is 0 Å². The summed E-state index contributed by atoms with van der Waals surface area (Å²) in [6, 6.07) is 41.8. The number of hydrogen-bond acceptors (Lipinski definition) is 2. The van der Waals surface area contributed by atoms with Crippen molar-refractivity contribution >= 4 is 28.5 Å². The van der Waals surface area contributed by atoms with Gasteiger partial charge in [-0.3, -0.25) is 0 Å². The first-order valence-electron chi connectivity index (χ1n) is 11.7. The zero-order chi connectivity index (χ0) is 23.0. The van der Waals surface area contributed by atoms with Crippen LogP contribution in [0.2, 0.25) is 0 Å². The van der Waals surface area contributed by atoms with Crippen molar-refractivity contribution in [3.8, 4) is 0 Å². The van der Waals surface area contributed by atoms with Crippen molar-refractivity contribution in [2.24, 2.45) is 0 Å². The van der Waals surface area contributed by atoms with Crippen molar-refractivity contribution in [1.29, 1.82) is 0 Å². The number of benzene rings is 4. The summed E-state index contributed by atoms with van der Waals surface area (Å²) in [6.45, 7) is 0. The zero-order valence-corrected chi connectivity index (χ0v) is 19.1. The molecule has 0 saturated heterocycles. The molecule has 3 heteroatoms. The second-order valence-electron chi connectivity index (χ2n) is 8.21. The summed E-state index contributed by atoms with van der Waals surface area (Å²) >= 11 is 0. The molecule has 3 nitrogen and oxygen atoms in total. The SMILES string of the molecule is C(Nc1ccccc1)=C1CC/C(=C\Nc2ccccc2)C1=[N+](c1ccccc1)c1ccccc1. The molecule has 34 heavy (non-hydrogen) atoms. The van der Waals surface area contributed by atoms with Crippen molar-refractivity contribution in [2.45, 2.75) is 12.8 Å². The van der Waals surface area contributed by atoms with E-state index < -0.39 is 0 Å². The fraction of sp³-hybridized carbons (Fsp3) is 0.0645. The Morgan fingerprint density at radius 3 is 1.21 bits per heavy atom. The predicted octanol–water partition coefficient (Wildman–Crippen LogP) is 7.75. The average molecular weight is 443 g/mol. The van der Waals surface area contributed by atoms with Crippen LogP contribution in [0.1, 0.15) is 12.8 Å². The molecule has 166 valence electrons. The highest BCUT2D eigenvalue weighted by Gasteiger charge is 2.32. The van der Waals surface area contributed by atoms with Crippen molar-refractivity contribution in [1.82, 2.24) is 4.58 Å². The topological polar surface area (TPSA) is 27.1 Å². The van der Waals surface area contributed by atoms with E-state index in [0.29, 0.717) is 0 Å². The molecule has 1 fully saturated rings. The maximum Gasteiger partial charge on any atom is 0.221 e. The van der Waals surface area contributed by atoms with Gasteiger partial charge < -0.3 is 10.6 Å². The highest BCUT2D eigenvalue weighted by atomic mass is 15.0. The van der Waals surface area contributed by atoms with Gasteiger partial charge in [0.1, 0.15) is 0 Å². The monoisotopic (exact) mass is 442 g/mol. The lowest BCUT2D eigenvalue weighted by Gasteiger charge is -2.10. The molecule has 0 aliphatic heterocycles. The molecule has 0 heterocycles. The van der Waals surface area contributed by atoms with Crippen molar-refractivity contribution < 1.29 is 0 Å². The summed E-state index contributed by atoms with van der Waals surface area (Å²) in [5, 5.41) is 7.02. The second kappa shape index (κ2) is 10.5. The van der Waals surface area contributed by atoms with Gasteiger partial charge in [0.25, 0.3) is 0 Å². The number of nitrogens with one attached hydrogen (secondary N) is 2. The lowest BCUT2D eigenvalue weighted by Crippen LogP contribution is -2.18. The van der Waals surface area contributed by atoms with Crippen LogP contribution in [0, 0.1) is 0 Å². The second-order valence-corrected chi connectivity index (χ2v) is 8.21. The van der Waals surface area contributed by atoms with E-state index in [1.807, 2.05) is 12.1 Å². The summed E-state index contributed by atoms with van der Waals surface area (Å²) in [5.41, 5.74) is 8.21. The van der Waals surface area contributed by atoms with E-state index in [2.05, 4.69) is 137 Å². The first-order chi connectivity index (χ1) is 16.9. The van der Waals surface area contributed by atoms with E-state index in [9.17, 15) is 0 Å². The lowest BCUT2D eigenvalue weighted by molar-refractivity contribution is 1.05. The molecule has 0 aromatic heterocycles. The van der Waals surface area contributed by atoms with Gasteiger partial charge in [0.05, 0.1) is 0 Å². The molecule has 0 atom stereocenters. The molecule has 4 aromatic rings. The summed E-state index contributed by atoms with van der Waals surface area (Å²) < 4.78 is 2.37. The fourth-order valence-electron chi connectivity index (χ4n) is 4.25. The van der Waals surface area contributed by atoms with Gasteiger partial charge in [-0.05, 0) is 37.1 Å². The Hall–Kier alpha value is -4.37. The van der Waals surface area contributed by atoms with Gasteiger partial charge in [-0.1, -0.05) is 72.8 Å². The standard InChI is InChI=1S/C31H27N3/c1-5-13-27(14-6-1)32-23-25-21-22-26(24-33-28-15-7-2-8-16-28)31(25)34(29-17-9-3-10-18-29)30-19-11-4-12-20-30/h1-20,23-24H,21-22H2,(H,32,33)/p+1. The maximum atomic E-state index is 3.51. The largest absolute Gasteiger partial charge is 0.361 e. The molecular weight excluding hydrogens is 414 g/mol. The first kappa shape index (κ1) is 21.5. The minimum atomic E-state index is 0.966. The third-order valence-corrected chi connectivity index (χ3v) is 5.90. The van der Waals surface area contributed by atoms with E-state index in [4.69, 9.17) is 0 Å². The third-order valence-electron chi connectivity index (χ3n) is 5.90. The van der Waals surface area contributed by atoms with Gasteiger partial charge in [-0.15, -0.1) is 0 Å². The van der Waals surface area contributed by atoms with E-state index >= 15 is 0 Å². The molecule has 0 amide bonds. The molecule has 4 aromatic carbocycles. The van der Waals surface area contributed by atoms with Crippen LogP contribution in [0.4, 0.5) is 22.7 Å². The van der Waals surface area contributed by atoms with Crippen LogP contribution < -0.4 is 15.2 Å². The molecular formula is C31H28N3+. The van der Waals surface area contributed by atoms with Crippen molar-refractivity contribution in [3.05, 3.63) is 145 Å². The number of hydrogen-bond donors (Lipinski definition) is 2. The molecule has 1 aliphatic carbocycles. The number of rotatable bonds is 6. The minimum absolute atomic E-state index is 0.966. The molecule has 0 bridgehead atoms. The number of allylic oxidation sites excluding steroid dienone is 2. The Kier molecular flexibility index (Phi) is 6.63. The highest BCUT2D eigenvalue weighted by Crippen LogP contribution is 2.32. The quantitative estimate of drug-likeness (QED) is 0.299. The Bertz CT molecular complexity index is 1200. The molecule has 0 radical (unpaired) electrons. The average Bonchev–Trinajstić information content (AvgIpc) is 3.31. The van der Waals surface area contributed by atoms with Crippen LogP contribution in [0.3, 0.4) is 0 Å². The predicted molar refractivity (Wildman–Crippen MR) is 145 cm³/mol. The van der Waals surface area contributed by atoms with Gasteiger partial charge in [0.15, 0.2) is 0 Å². The lowest BCUT2D eigenvalue weighted by atomic mass is 10.1. The Balaban J connectivity index is 1.64. The van der Waals surface area contributed by atoms with E-state index in [1.165, 1.54) is 16.9 Å². The minimum Gasteiger partial charge on any atom is -0.361 e. The summed E-state index contributed by atoms with van der Waals surface area (Å²) in [7, 11) is 0. The van der Waals surface area contributed by atoms with Crippen LogP contribution in [-0.2, 0) is 0 Å². The Labute approximate surface area is 201 Å². The van der Waals surface area contributed by atoms with Crippen LogP contribution in [0.25, 0.3) is 0 Å². The van der Waals surface area contributed by atoms with Gasteiger partial charge in [0, 0.05) is 59.2 Å². The van der Waals surface area contributed by atoms with Crippen LogP contribution in [0.5, 0.6) is 0 Å². The molecule has 2 N–H and O–H groups in total. The molecule has 1 saturated carbocycles. The van der Waals surface area contributed by atoms with E-state index in [-0.39, 0.29) is 0 Å². The number of anilines is 2. The summed E-state index contributed by atoms with van der Waals surface area (Å²) in [4.78, 5) is 0. The first-order valence-corrected chi connectivity index (χ1v) is 11.7. The highest BCUT2D eigenvalue weighted by molar-refractivity contribution is 6.17. The van der Waals surface area contributed by atoms with Gasteiger partial charge >= 0.3 is 0 Å². The smallest absolute Gasteiger partial charge is 0.221 e. The summed E-state index contributed by atoms with van der Waals surface area (Å²) in [6.07, 6.45) is 6.25. The molecule has 0 unspecified atom stereocenters. The van der Waals surface area contributed by atoms with Gasteiger partial charge in [0.2, 0.25) is 17.1 Å². The van der Waals surface area contributed by atoms with Crippen LogP contribution in [0.15, 0.2) is 145 Å². The Morgan fingerprint density at radius 2 is 0.824 bits per heavy atom. The fourth-order valence-corrected chi connectivity index (χ4v) is 4.25. The van der Waals surface area contributed by atoms with Crippen molar-refractivity contribution in [2.75, 3.05) is 10.6 Å². The van der Waals surface area contributed by atoms with E-state index in [0.717, 1.165) is 35.6 Å². The zero-order valence-electron chi connectivity index (χ0n) is 19.1. The Morgan fingerprint density at radius 1 is 0.471 bits per heavy atom. The van der Waals surface area contributed by atoms with Gasteiger partial charge in [-0.25, -0.2) is 0 Å². The maximum absolute atomic E-state index is 3.51. The normalized spacial score (nSPS) is 15.5. The summed E-state index contributed by atoms with van der Waals surface area (Å²) in [5.74, 6) is 0. The molecule has 5 rings (SSSR count). The van der Waals surface area contributed by atoms with Gasteiger partial charge in [-0.2, -0.15) is 4.58 Å².